The summed E-state index contributed by atoms with van der Waals surface area (Å²) in [7, 11) is 0. The van der Waals surface area contributed by atoms with E-state index in [-0.39, 0.29) is 0 Å². The van der Waals surface area contributed by atoms with Gasteiger partial charge in [-0.15, -0.1) is 0 Å². The highest BCUT2D eigenvalue weighted by Gasteiger charge is 1.69. The summed E-state index contributed by atoms with van der Waals surface area (Å²) in [6.07, 6.45) is 0. The van der Waals surface area contributed by atoms with Crippen molar-refractivity contribution in [2.45, 2.75) is 26.0 Å². The minimum Gasteiger partial charge on any atom is -0.180 e. The summed E-state index contributed by atoms with van der Waals surface area (Å²) in [6.45, 7) is 6.05. The summed E-state index contributed by atoms with van der Waals surface area (Å²) in [5, 5.41) is 0.528. The lowest BCUT2D eigenvalue weighted by molar-refractivity contribution is 1.13. The highest BCUT2D eigenvalue weighted by atomic mass is 32.1. The molecule has 0 aromatic carbocycles. The largest absolute Gasteiger partial charge is 0.180 e. The van der Waals surface area contributed by atoms with Gasteiger partial charge >= 0.3 is 0 Å². The van der Waals surface area contributed by atoms with Gasteiger partial charge in [-0.3, -0.25) is 0 Å². The Bertz CT molecular complexity index is 17.3. The fraction of sp³-hybridized carbons (Fsp3) is 1.00. The van der Waals surface area contributed by atoms with Crippen LogP contribution in [0.5, 0.6) is 0 Å². The first kappa shape index (κ1) is 10.6. The first-order valence-corrected chi connectivity index (χ1v) is 3.59. The fourth-order valence-electron chi connectivity index (χ4n) is 0. The van der Waals surface area contributed by atoms with E-state index >= 15 is 0 Å². The van der Waals surface area contributed by atoms with E-state index in [1.807, 2.05) is 20.8 Å². The highest BCUT2D eigenvalue weighted by molar-refractivity contribution is 7.80. The van der Waals surface area contributed by atoms with Crippen LogP contribution in [-0.4, -0.2) is 11.0 Å². The predicted molar refractivity (Wildman–Crippen MR) is 43.6 cm³/mol. The molecule has 0 aliphatic heterocycles. The van der Waals surface area contributed by atoms with Crippen molar-refractivity contribution in [3.63, 3.8) is 0 Å². The van der Waals surface area contributed by atoms with Gasteiger partial charge in [-0.25, -0.2) is 0 Å². The summed E-state index contributed by atoms with van der Waals surface area (Å²) >= 11 is 7.75. The van der Waals surface area contributed by atoms with Gasteiger partial charge in [0.15, 0.2) is 0 Å². The summed E-state index contributed by atoms with van der Waals surface area (Å²) in [4.78, 5) is 0. The van der Waals surface area contributed by atoms with Crippen molar-refractivity contribution >= 4 is 25.3 Å². The van der Waals surface area contributed by atoms with E-state index in [0.29, 0.717) is 5.25 Å². The number of thiol groups is 2. The van der Waals surface area contributed by atoms with Crippen LogP contribution in [0.1, 0.15) is 20.8 Å². The van der Waals surface area contributed by atoms with E-state index in [0.717, 1.165) is 5.75 Å². The van der Waals surface area contributed by atoms with E-state index in [4.69, 9.17) is 0 Å². The molecule has 0 fully saturated rings. The SMILES string of the molecule is CC(C)S.CCS. The fourth-order valence-corrected chi connectivity index (χ4v) is 0. The zero-order chi connectivity index (χ0) is 6.28. The standard InChI is InChI=1S/C3H8S.C2H6S/c1-3(2)4;1-2-3/h3-4H,1-2H3;3H,2H2,1H3. The number of rotatable bonds is 0. The Hall–Kier alpha value is 0.700. The van der Waals surface area contributed by atoms with Crippen molar-refractivity contribution in [1.82, 2.24) is 0 Å². The molecule has 0 unspecified atom stereocenters. The molecule has 0 nitrogen and oxygen atoms in total. The molecule has 0 amide bonds. The molecule has 0 saturated heterocycles. The van der Waals surface area contributed by atoms with Crippen LogP contribution in [0.25, 0.3) is 0 Å². The topological polar surface area (TPSA) is 0 Å². The highest BCUT2D eigenvalue weighted by Crippen LogP contribution is 1.83. The van der Waals surface area contributed by atoms with Crippen LogP contribution in [0.3, 0.4) is 0 Å². The molecular weight excluding hydrogens is 124 g/mol. The molecule has 0 spiro atoms. The summed E-state index contributed by atoms with van der Waals surface area (Å²) in [6, 6.07) is 0. The molecule has 0 atom stereocenters. The van der Waals surface area contributed by atoms with Crippen molar-refractivity contribution in [3.05, 3.63) is 0 Å². The van der Waals surface area contributed by atoms with E-state index in [1.165, 1.54) is 0 Å². The van der Waals surface area contributed by atoms with Crippen LogP contribution in [0, 0.1) is 0 Å². The second-order valence-corrected chi connectivity index (χ2v) is 3.08. The lowest BCUT2D eigenvalue weighted by atomic mass is 10.6. The van der Waals surface area contributed by atoms with Crippen LogP contribution in [0.4, 0.5) is 0 Å². The van der Waals surface area contributed by atoms with Crippen molar-refractivity contribution in [3.8, 4) is 0 Å². The number of hydrogen-bond acceptors (Lipinski definition) is 2. The molecule has 0 aromatic rings. The Balaban J connectivity index is 0. The molecule has 2 heteroatoms. The molecule has 0 heterocycles. The lowest BCUT2D eigenvalue weighted by Crippen LogP contribution is -1.71. The van der Waals surface area contributed by atoms with Gasteiger partial charge in [0.25, 0.3) is 0 Å². The minimum atomic E-state index is 0.528. The molecule has 0 aromatic heterocycles. The van der Waals surface area contributed by atoms with Gasteiger partial charge < -0.3 is 0 Å². The molecule has 46 valence electrons. The molecule has 0 N–H and O–H groups in total. The van der Waals surface area contributed by atoms with Crippen LogP contribution in [0.2, 0.25) is 0 Å². The molecule has 0 aliphatic rings. The second kappa shape index (κ2) is 9.85. The van der Waals surface area contributed by atoms with Crippen molar-refractivity contribution < 1.29 is 0 Å². The van der Waals surface area contributed by atoms with Gasteiger partial charge in [0, 0.05) is 0 Å². The summed E-state index contributed by atoms with van der Waals surface area (Å²) in [5.41, 5.74) is 0. The first-order valence-electron chi connectivity index (χ1n) is 2.44. The maximum absolute atomic E-state index is 3.97. The average Bonchev–Trinajstić information content (AvgIpc) is 1.33. The Morgan fingerprint density at radius 2 is 1.43 bits per heavy atom. The van der Waals surface area contributed by atoms with Crippen LogP contribution >= 0.6 is 25.3 Å². The zero-order valence-electron chi connectivity index (χ0n) is 5.18. The maximum Gasteiger partial charge on any atom is -0.00399 e. The van der Waals surface area contributed by atoms with Crippen molar-refractivity contribution in [2.24, 2.45) is 0 Å². The third-order valence-electron chi connectivity index (χ3n) is 0. The molecule has 0 rings (SSSR count). The summed E-state index contributed by atoms with van der Waals surface area (Å²) in [5.74, 6) is 0.944. The molecule has 0 aliphatic carbocycles. The van der Waals surface area contributed by atoms with Crippen LogP contribution in [-0.2, 0) is 0 Å². The van der Waals surface area contributed by atoms with E-state index < -0.39 is 0 Å². The van der Waals surface area contributed by atoms with Crippen molar-refractivity contribution in [2.75, 3.05) is 5.75 Å². The predicted octanol–water partition coefficient (Wildman–Crippen LogP) is 2.26. The Morgan fingerprint density at radius 1 is 1.43 bits per heavy atom. The monoisotopic (exact) mass is 138 g/mol. The minimum absolute atomic E-state index is 0.528. The van der Waals surface area contributed by atoms with Gasteiger partial charge in [0.1, 0.15) is 0 Å². The average molecular weight is 138 g/mol. The number of hydrogen-bond donors (Lipinski definition) is 2. The molecule has 0 bridgehead atoms. The third kappa shape index (κ3) is 302. The molecular formula is C5H14S2. The third-order valence-corrected chi connectivity index (χ3v) is 0. The second-order valence-electron chi connectivity index (χ2n) is 1.41. The van der Waals surface area contributed by atoms with Gasteiger partial charge in [0.2, 0.25) is 0 Å². The first-order chi connectivity index (χ1) is 3.15. The van der Waals surface area contributed by atoms with E-state index in [2.05, 4.69) is 25.3 Å². The van der Waals surface area contributed by atoms with E-state index in [9.17, 15) is 0 Å². The Morgan fingerprint density at radius 3 is 1.43 bits per heavy atom. The molecule has 0 radical (unpaired) electrons. The van der Waals surface area contributed by atoms with Crippen molar-refractivity contribution in [1.29, 1.82) is 0 Å². The van der Waals surface area contributed by atoms with Gasteiger partial charge in [0.05, 0.1) is 0 Å². The van der Waals surface area contributed by atoms with Gasteiger partial charge in [-0.05, 0) is 11.0 Å². The van der Waals surface area contributed by atoms with E-state index in [1.54, 1.807) is 0 Å². The zero-order valence-corrected chi connectivity index (χ0v) is 6.97. The Labute approximate surface area is 57.5 Å². The normalized spacial score (nSPS) is 7.71. The maximum atomic E-state index is 3.97. The molecule has 7 heavy (non-hydrogen) atoms. The lowest BCUT2D eigenvalue weighted by Gasteiger charge is -1.78. The van der Waals surface area contributed by atoms with Gasteiger partial charge in [-0.2, -0.15) is 25.3 Å². The Kier molecular flexibility index (Phi) is 15.0. The van der Waals surface area contributed by atoms with Gasteiger partial charge in [-0.1, -0.05) is 20.8 Å². The van der Waals surface area contributed by atoms with Crippen LogP contribution in [0.15, 0.2) is 0 Å². The summed E-state index contributed by atoms with van der Waals surface area (Å²) < 4.78 is 0. The molecule has 0 saturated carbocycles. The van der Waals surface area contributed by atoms with Crippen LogP contribution < -0.4 is 0 Å². The smallest absolute Gasteiger partial charge is 0.00399 e. The quantitative estimate of drug-likeness (QED) is 0.471.